The van der Waals surface area contributed by atoms with Crippen LogP contribution < -0.4 is 10.1 Å². The predicted octanol–water partition coefficient (Wildman–Crippen LogP) is 5.56. The number of nitrogens with one attached hydrogen (secondary N) is 1. The van der Waals surface area contributed by atoms with Crippen molar-refractivity contribution < 1.29 is 29.3 Å². The van der Waals surface area contributed by atoms with E-state index in [-0.39, 0.29) is 13.2 Å². The summed E-state index contributed by atoms with van der Waals surface area (Å²) in [6, 6.07) is 14.3. The molecule has 32 heavy (non-hydrogen) atoms. The summed E-state index contributed by atoms with van der Waals surface area (Å²) in [5.74, 6) is -0.496. The van der Waals surface area contributed by atoms with Crippen molar-refractivity contribution in [3.63, 3.8) is 0 Å². The van der Waals surface area contributed by atoms with Crippen LogP contribution in [0.1, 0.15) is 38.4 Å². The lowest BCUT2D eigenvalue weighted by Crippen LogP contribution is -2.29. The molecular formula is C24H28BrNO6. The molecule has 0 aliphatic rings. The van der Waals surface area contributed by atoms with Crippen molar-refractivity contribution in [2.45, 2.75) is 32.8 Å². The average molecular weight is 506 g/mol. The van der Waals surface area contributed by atoms with E-state index in [4.69, 9.17) is 19.7 Å². The maximum absolute atomic E-state index is 12.8. The zero-order valence-electron chi connectivity index (χ0n) is 18.1. The molecule has 8 heteroatoms. The number of halogens is 1. The van der Waals surface area contributed by atoms with Gasteiger partial charge in [-0.25, -0.2) is 9.59 Å². The molecule has 0 aromatic heterocycles. The Morgan fingerprint density at radius 3 is 2.50 bits per heavy atom. The Balaban J connectivity index is 2.28. The van der Waals surface area contributed by atoms with Gasteiger partial charge >= 0.3 is 12.1 Å². The monoisotopic (exact) mass is 505 g/mol. The first kappa shape index (κ1) is 25.4. The number of rotatable bonds is 11. The SMILES string of the molecule is CC(C)(CC/C=C/C(=O)O)[C@@H](OC(=O)Nc1ccc(Br)cc1)c1ccccc1OCCO. The third kappa shape index (κ3) is 8.01. The molecule has 2 rings (SSSR count). The van der Waals surface area contributed by atoms with E-state index in [1.165, 1.54) is 0 Å². The van der Waals surface area contributed by atoms with Crippen LogP contribution in [0.5, 0.6) is 5.75 Å². The Kier molecular flexibility index (Phi) is 9.74. The Labute approximate surface area is 196 Å². The number of aliphatic carboxylic acids is 1. The van der Waals surface area contributed by atoms with Crippen LogP contribution in [0, 0.1) is 5.41 Å². The van der Waals surface area contributed by atoms with Gasteiger partial charge in [-0.2, -0.15) is 0 Å². The number of aliphatic hydroxyl groups is 1. The highest BCUT2D eigenvalue weighted by molar-refractivity contribution is 9.10. The second-order valence-electron chi connectivity index (χ2n) is 7.79. The Morgan fingerprint density at radius 1 is 1.16 bits per heavy atom. The minimum atomic E-state index is -1.01. The number of carboxylic acid groups (broad SMARTS) is 1. The molecule has 7 nitrogen and oxygen atoms in total. The Morgan fingerprint density at radius 2 is 1.84 bits per heavy atom. The lowest BCUT2D eigenvalue weighted by atomic mass is 9.78. The first-order chi connectivity index (χ1) is 15.2. The molecule has 0 aliphatic carbocycles. The van der Waals surface area contributed by atoms with Crippen molar-refractivity contribution in [2.24, 2.45) is 5.41 Å². The summed E-state index contributed by atoms with van der Waals surface area (Å²) < 4.78 is 12.5. The van der Waals surface area contributed by atoms with E-state index >= 15 is 0 Å². The first-order valence-corrected chi connectivity index (χ1v) is 11.0. The minimum absolute atomic E-state index is 0.108. The molecule has 0 saturated carbocycles. The summed E-state index contributed by atoms with van der Waals surface area (Å²) in [6.45, 7) is 3.86. The number of amides is 1. The van der Waals surface area contributed by atoms with Gasteiger partial charge in [-0.1, -0.05) is 54.1 Å². The molecule has 1 atom stereocenters. The Bertz CT molecular complexity index is 926. The third-order valence-corrected chi connectivity index (χ3v) is 5.32. The summed E-state index contributed by atoms with van der Waals surface area (Å²) in [4.78, 5) is 23.5. The number of ether oxygens (including phenoxy) is 2. The number of hydrogen-bond donors (Lipinski definition) is 3. The standard InChI is InChI=1S/C24H28BrNO6/c1-24(2,14-6-5-9-21(28)29)22(19-7-3-4-8-20(19)31-16-15-27)32-23(30)26-18-12-10-17(25)11-13-18/h3-5,7-13,22,27H,6,14-16H2,1-2H3,(H,26,30)(H,28,29)/b9-5+/t22-/m0/s1. The molecule has 1 amide bonds. The zero-order chi connectivity index (χ0) is 23.6. The summed E-state index contributed by atoms with van der Waals surface area (Å²) in [6.07, 6.45) is 2.42. The molecule has 172 valence electrons. The lowest BCUT2D eigenvalue weighted by molar-refractivity contribution is -0.131. The number of carboxylic acids is 1. The van der Waals surface area contributed by atoms with E-state index in [1.807, 2.05) is 38.1 Å². The van der Waals surface area contributed by atoms with Crippen LogP contribution >= 0.6 is 15.9 Å². The summed E-state index contributed by atoms with van der Waals surface area (Å²) in [5, 5.41) is 20.7. The van der Waals surface area contributed by atoms with Gasteiger partial charge in [0.15, 0.2) is 0 Å². The van der Waals surface area contributed by atoms with Crippen LogP contribution in [-0.4, -0.2) is 35.5 Å². The normalized spacial score (nSPS) is 12.4. The number of carbonyl (C=O) groups is 2. The number of hydrogen-bond acceptors (Lipinski definition) is 5. The van der Waals surface area contributed by atoms with Crippen LogP contribution in [0.2, 0.25) is 0 Å². The maximum Gasteiger partial charge on any atom is 0.412 e. The van der Waals surface area contributed by atoms with Crippen molar-refractivity contribution in [3.8, 4) is 5.75 Å². The molecule has 0 fully saturated rings. The lowest BCUT2D eigenvalue weighted by Gasteiger charge is -2.35. The van der Waals surface area contributed by atoms with Crippen molar-refractivity contribution in [1.82, 2.24) is 0 Å². The number of anilines is 1. The van der Waals surface area contributed by atoms with Crippen molar-refractivity contribution in [2.75, 3.05) is 18.5 Å². The topological polar surface area (TPSA) is 105 Å². The fourth-order valence-electron chi connectivity index (χ4n) is 3.19. The van der Waals surface area contributed by atoms with Crippen LogP contribution in [0.25, 0.3) is 0 Å². The highest BCUT2D eigenvalue weighted by Gasteiger charge is 2.35. The van der Waals surface area contributed by atoms with Gasteiger partial charge in [0.1, 0.15) is 18.5 Å². The molecule has 0 aliphatic heterocycles. The molecule has 3 N–H and O–H groups in total. The smallest absolute Gasteiger partial charge is 0.412 e. The van der Waals surface area contributed by atoms with E-state index in [0.29, 0.717) is 29.8 Å². The van der Waals surface area contributed by atoms with Crippen LogP contribution in [0.15, 0.2) is 65.2 Å². The van der Waals surface area contributed by atoms with E-state index < -0.39 is 23.6 Å². The van der Waals surface area contributed by atoms with E-state index in [2.05, 4.69) is 21.2 Å². The highest BCUT2D eigenvalue weighted by atomic mass is 79.9. The van der Waals surface area contributed by atoms with E-state index in [9.17, 15) is 9.59 Å². The number of carbonyl (C=O) groups excluding carboxylic acids is 1. The molecule has 2 aromatic rings. The van der Waals surface area contributed by atoms with Gasteiger partial charge in [0.05, 0.1) is 6.61 Å². The fraction of sp³-hybridized carbons (Fsp3) is 0.333. The van der Waals surface area contributed by atoms with Crippen molar-refractivity contribution >= 4 is 33.7 Å². The first-order valence-electron chi connectivity index (χ1n) is 10.2. The van der Waals surface area contributed by atoms with Gasteiger partial charge in [0.25, 0.3) is 0 Å². The molecule has 2 aromatic carbocycles. The predicted molar refractivity (Wildman–Crippen MR) is 126 cm³/mol. The third-order valence-electron chi connectivity index (χ3n) is 4.79. The summed E-state index contributed by atoms with van der Waals surface area (Å²) in [7, 11) is 0. The van der Waals surface area contributed by atoms with Crippen LogP contribution in [0.3, 0.4) is 0 Å². The molecular weight excluding hydrogens is 478 g/mol. The number of para-hydroxylation sites is 1. The quantitative estimate of drug-likeness (QED) is 0.345. The average Bonchev–Trinajstić information content (AvgIpc) is 2.75. The van der Waals surface area contributed by atoms with Gasteiger partial charge in [-0.3, -0.25) is 5.32 Å². The van der Waals surface area contributed by atoms with Gasteiger partial charge in [0.2, 0.25) is 0 Å². The van der Waals surface area contributed by atoms with E-state index in [1.54, 1.807) is 30.3 Å². The van der Waals surface area contributed by atoms with E-state index in [0.717, 1.165) is 10.5 Å². The molecule has 0 radical (unpaired) electrons. The maximum atomic E-state index is 12.8. The molecule has 0 bridgehead atoms. The minimum Gasteiger partial charge on any atom is -0.491 e. The van der Waals surface area contributed by atoms with Gasteiger partial charge < -0.3 is 19.7 Å². The second kappa shape index (κ2) is 12.3. The molecule has 0 unspecified atom stereocenters. The largest absolute Gasteiger partial charge is 0.491 e. The molecule has 0 saturated heterocycles. The summed E-state index contributed by atoms with van der Waals surface area (Å²) in [5.41, 5.74) is 0.696. The van der Waals surface area contributed by atoms with Crippen molar-refractivity contribution in [1.29, 1.82) is 0 Å². The number of benzene rings is 2. The zero-order valence-corrected chi connectivity index (χ0v) is 19.7. The van der Waals surface area contributed by atoms with Crippen molar-refractivity contribution in [3.05, 3.63) is 70.7 Å². The number of aliphatic hydroxyl groups excluding tert-OH is 1. The fourth-order valence-corrected chi connectivity index (χ4v) is 3.45. The Hall–Kier alpha value is -2.84. The second-order valence-corrected chi connectivity index (χ2v) is 8.71. The van der Waals surface area contributed by atoms with Crippen LogP contribution in [-0.2, 0) is 9.53 Å². The summed E-state index contributed by atoms with van der Waals surface area (Å²) >= 11 is 3.36. The molecule has 0 heterocycles. The molecule has 0 spiro atoms. The van der Waals surface area contributed by atoms with Gasteiger partial charge in [-0.15, -0.1) is 0 Å². The van der Waals surface area contributed by atoms with Gasteiger partial charge in [0, 0.05) is 27.2 Å². The van der Waals surface area contributed by atoms with Crippen LogP contribution in [0.4, 0.5) is 10.5 Å². The highest BCUT2D eigenvalue weighted by Crippen LogP contribution is 2.44. The van der Waals surface area contributed by atoms with Gasteiger partial charge in [-0.05, 0) is 43.2 Å². The number of allylic oxidation sites excluding steroid dienone is 1.